The first-order valence-electron chi connectivity index (χ1n) is 15.6. The van der Waals surface area contributed by atoms with Gasteiger partial charge in [0, 0.05) is 18.4 Å². The van der Waals surface area contributed by atoms with Crippen LogP contribution in [0.3, 0.4) is 0 Å². The number of hydrogen-bond donors (Lipinski definition) is 0. The molecule has 1 atom stereocenters. The van der Waals surface area contributed by atoms with Gasteiger partial charge in [-0.1, -0.05) is 149 Å². The number of rotatable bonds is 28. The van der Waals surface area contributed by atoms with Gasteiger partial charge in [-0.3, -0.25) is 0 Å². The van der Waals surface area contributed by atoms with E-state index in [0.29, 0.717) is 0 Å². The fourth-order valence-electron chi connectivity index (χ4n) is 5.16. The Balaban J connectivity index is 0. The summed E-state index contributed by atoms with van der Waals surface area (Å²) in [4.78, 5) is 13.7. The number of carboxylic acids is 1. The average molecular weight is 504 g/mol. The van der Waals surface area contributed by atoms with E-state index in [1.54, 1.807) is 0 Å². The predicted octanol–water partition coefficient (Wildman–Crippen LogP) is 5.83. The standard InChI is InChI=1S/C31H63NO2.Na/c1-4-7-9-11-13-15-17-19-21-23-25-27-32(30(6-3)29-31(33)34)28-26-24-22-20-18-16-14-12-10-8-5-2;/h30H,4-29H2,1-3H3,(H,33,34);/q;+1/p-1. The first kappa shape index (κ1) is 37.6. The molecule has 0 amide bonds. The van der Waals surface area contributed by atoms with Crippen LogP contribution in [0.5, 0.6) is 0 Å². The Morgan fingerprint density at radius 3 is 1.09 bits per heavy atom. The van der Waals surface area contributed by atoms with Crippen molar-refractivity contribution < 1.29 is 39.5 Å². The van der Waals surface area contributed by atoms with Gasteiger partial charge in [-0.15, -0.1) is 0 Å². The van der Waals surface area contributed by atoms with Gasteiger partial charge in [0.15, 0.2) is 0 Å². The molecule has 35 heavy (non-hydrogen) atoms. The minimum Gasteiger partial charge on any atom is -0.550 e. The average Bonchev–Trinajstić information content (AvgIpc) is 2.83. The summed E-state index contributed by atoms with van der Waals surface area (Å²) in [6, 6.07) is 0.149. The molecular formula is C31H62NNaO2. The second-order valence-electron chi connectivity index (χ2n) is 10.7. The summed E-state index contributed by atoms with van der Waals surface area (Å²) in [5, 5.41) is 11.3. The molecule has 1 unspecified atom stereocenters. The largest absolute Gasteiger partial charge is 1.00 e. The molecule has 4 heteroatoms. The van der Waals surface area contributed by atoms with Crippen LogP contribution in [0, 0.1) is 0 Å². The van der Waals surface area contributed by atoms with Gasteiger partial charge < -0.3 is 14.8 Å². The maximum atomic E-state index is 11.3. The van der Waals surface area contributed by atoms with Crippen LogP contribution in [-0.4, -0.2) is 30.0 Å². The summed E-state index contributed by atoms with van der Waals surface area (Å²) < 4.78 is 0. The molecule has 0 saturated carbocycles. The van der Waals surface area contributed by atoms with Crippen LogP contribution in [0.1, 0.15) is 175 Å². The van der Waals surface area contributed by atoms with E-state index in [1.807, 2.05) is 0 Å². The molecule has 0 aliphatic carbocycles. The summed E-state index contributed by atoms with van der Waals surface area (Å²) in [6.45, 7) is 8.80. The zero-order valence-electron chi connectivity index (χ0n) is 24.7. The van der Waals surface area contributed by atoms with Gasteiger partial charge in [0.1, 0.15) is 0 Å². The summed E-state index contributed by atoms with van der Waals surface area (Å²) in [7, 11) is 0. The smallest absolute Gasteiger partial charge is 0.550 e. The van der Waals surface area contributed by atoms with Gasteiger partial charge in [0.2, 0.25) is 0 Å². The van der Waals surface area contributed by atoms with Crippen LogP contribution < -0.4 is 34.7 Å². The maximum absolute atomic E-state index is 11.3. The second-order valence-corrected chi connectivity index (χ2v) is 10.7. The van der Waals surface area contributed by atoms with Gasteiger partial charge in [0.25, 0.3) is 0 Å². The van der Waals surface area contributed by atoms with E-state index in [-0.39, 0.29) is 42.0 Å². The third kappa shape index (κ3) is 27.3. The van der Waals surface area contributed by atoms with Crippen LogP contribution in [0.4, 0.5) is 0 Å². The summed E-state index contributed by atoms with van der Waals surface area (Å²) >= 11 is 0. The number of nitrogens with zero attached hydrogens (tertiary/aromatic N) is 1. The van der Waals surface area contributed by atoms with Gasteiger partial charge >= 0.3 is 29.6 Å². The van der Waals surface area contributed by atoms with E-state index < -0.39 is 5.97 Å². The fraction of sp³-hybridized carbons (Fsp3) is 0.968. The van der Waals surface area contributed by atoms with Crippen molar-refractivity contribution >= 4 is 5.97 Å². The van der Waals surface area contributed by atoms with Crippen molar-refractivity contribution in [3.8, 4) is 0 Å². The minimum atomic E-state index is -0.894. The van der Waals surface area contributed by atoms with Crippen molar-refractivity contribution in [1.29, 1.82) is 0 Å². The molecule has 0 aromatic heterocycles. The first-order chi connectivity index (χ1) is 16.7. The number of hydrogen-bond acceptors (Lipinski definition) is 3. The van der Waals surface area contributed by atoms with Crippen molar-refractivity contribution in [3.63, 3.8) is 0 Å². The molecule has 0 aliphatic rings. The van der Waals surface area contributed by atoms with Crippen molar-refractivity contribution in [3.05, 3.63) is 0 Å². The van der Waals surface area contributed by atoms with Crippen LogP contribution in [-0.2, 0) is 4.79 Å². The van der Waals surface area contributed by atoms with Gasteiger partial charge in [-0.25, -0.2) is 0 Å². The number of aliphatic carboxylic acids is 1. The predicted molar refractivity (Wildman–Crippen MR) is 148 cm³/mol. The zero-order valence-corrected chi connectivity index (χ0v) is 26.7. The molecule has 0 fully saturated rings. The Bertz CT molecular complexity index is 393. The third-order valence-corrected chi connectivity index (χ3v) is 7.49. The zero-order chi connectivity index (χ0) is 25.1. The van der Waals surface area contributed by atoms with Crippen molar-refractivity contribution in [2.24, 2.45) is 0 Å². The molecule has 0 rings (SSSR count). The molecule has 0 aliphatic heterocycles. The molecule has 0 saturated heterocycles. The molecule has 0 aromatic carbocycles. The van der Waals surface area contributed by atoms with E-state index >= 15 is 0 Å². The maximum Gasteiger partial charge on any atom is 1.00 e. The molecule has 0 bridgehead atoms. The van der Waals surface area contributed by atoms with Crippen molar-refractivity contribution in [2.75, 3.05) is 13.1 Å². The Labute approximate surface area is 243 Å². The fourth-order valence-corrected chi connectivity index (χ4v) is 5.16. The van der Waals surface area contributed by atoms with Crippen LogP contribution in [0.25, 0.3) is 0 Å². The van der Waals surface area contributed by atoms with Crippen LogP contribution in [0.15, 0.2) is 0 Å². The van der Waals surface area contributed by atoms with Gasteiger partial charge in [-0.05, 0) is 32.4 Å². The quantitative estimate of drug-likeness (QED) is 0.0996. The SMILES string of the molecule is CCCCCCCCCCCCCN(CCCCCCCCCCCCC)C(CC)CC(=O)[O-].[Na+]. The van der Waals surface area contributed by atoms with E-state index in [1.165, 1.54) is 141 Å². The normalized spacial score (nSPS) is 12.1. The number of carboxylic acid groups (broad SMARTS) is 1. The van der Waals surface area contributed by atoms with E-state index in [2.05, 4.69) is 25.7 Å². The Morgan fingerprint density at radius 2 is 0.829 bits per heavy atom. The second kappa shape index (κ2) is 30.7. The van der Waals surface area contributed by atoms with E-state index in [9.17, 15) is 9.90 Å². The minimum absolute atomic E-state index is 0. The Kier molecular flexibility index (Phi) is 32.9. The Morgan fingerprint density at radius 1 is 0.543 bits per heavy atom. The number of carbonyl (C=O) groups is 1. The number of carbonyl (C=O) groups excluding carboxylic acids is 1. The molecule has 0 spiro atoms. The van der Waals surface area contributed by atoms with Gasteiger partial charge in [-0.2, -0.15) is 0 Å². The van der Waals surface area contributed by atoms with Crippen LogP contribution >= 0.6 is 0 Å². The first-order valence-corrected chi connectivity index (χ1v) is 15.6. The summed E-state index contributed by atoms with van der Waals surface area (Å²) in [5.41, 5.74) is 0. The van der Waals surface area contributed by atoms with Gasteiger partial charge in [0.05, 0.1) is 0 Å². The molecule has 3 nitrogen and oxygen atoms in total. The molecule has 0 aromatic rings. The molecule has 0 radical (unpaired) electrons. The molecule has 0 heterocycles. The van der Waals surface area contributed by atoms with Crippen LogP contribution in [0.2, 0.25) is 0 Å². The summed E-state index contributed by atoms with van der Waals surface area (Å²) in [5.74, 6) is -0.894. The Hall–Kier alpha value is 0.430. The van der Waals surface area contributed by atoms with Crippen molar-refractivity contribution in [2.45, 2.75) is 181 Å². The molecular weight excluding hydrogens is 441 g/mol. The molecule has 204 valence electrons. The number of unbranched alkanes of at least 4 members (excludes halogenated alkanes) is 20. The van der Waals surface area contributed by atoms with E-state index in [4.69, 9.17) is 0 Å². The van der Waals surface area contributed by atoms with E-state index in [0.717, 1.165) is 19.5 Å². The summed E-state index contributed by atoms with van der Waals surface area (Å²) in [6.07, 6.45) is 31.0. The van der Waals surface area contributed by atoms with Crippen molar-refractivity contribution in [1.82, 2.24) is 4.90 Å². The monoisotopic (exact) mass is 503 g/mol. The molecule has 0 N–H and O–H groups in total. The third-order valence-electron chi connectivity index (χ3n) is 7.49. The topological polar surface area (TPSA) is 43.4 Å².